The van der Waals surface area contributed by atoms with Crippen molar-refractivity contribution in [2.45, 2.75) is 4.90 Å². The summed E-state index contributed by atoms with van der Waals surface area (Å²) in [6.45, 7) is 0. The highest BCUT2D eigenvalue weighted by molar-refractivity contribution is 9.10. The SMILES string of the molecule is Fc1ncc(Br)cc1S. The molecule has 0 aromatic carbocycles. The maximum absolute atomic E-state index is 12.3. The Kier molecular flexibility index (Phi) is 2.08. The van der Waals surface area contributed by atoms with Crippen LogP contribution in [0.5, 0.6) is 0 Å². The molecule has 0 saturated heterocycles. The van der Waals surface area contributed by atoms with Crippen LogP contribution in [0.3, 0.4) is 0 Å². The molecule has 0 radical (unpaired) electrons. The summed E-state index contributed by atoms with van der Waals surface area (Å²) >= 11 is 6.92. The first-order valence-corrected chi connectivity index (χ1v) is 3.44. The minimum Gasteiger partial charge on any atom is -0.226 e. The van der Waals surface area contributed by atoms with Crippen LogP contribution in [-0.2, 0) is 0 Å². The van der Waals surface area contributed by atoms with E-state index in [0.29, 0.717) is 0 Å². The largest absolute Gasteiger partial charge is 0.226 e. The lowest BCUT2D eigenvalue weighted by atomic mass is 10.5. The van der Waals surface area contributed by atoms with Gasteiger partial charge in [-0.2, -0.15) is 4.39 Å². The molecule has 48 valence electrons. The van der Waals surface area contributed by atoms with Gasteiger partial charge in [-0.15, -0.1) is 12.6 Å². The topological polar surface area (TPSA) is 12.9 Å². The fraction of sp³-hybridized carbons (Fsp3) is 0. The maximum atomic E-state index is 12.3. The van der Waals surface area contributed by atoms with Crippen molar-refractivity contribution in [3.05, 3.63) is 22.7 Å². The third kappa shape index (κ3) is 1.66. The third-order valence-corrected chi connectivity index (χ3v) is 1.53. The monoisotopic (exact) mass is 207 g/mol. The van der Waals surface area contributed by atoms with Crippen molar-refractivity contribution in [3.63, 3.8) is 0 Å². The summed E-state index contributed by atoms with van der Waals surface area (Å²) in [5, 5.41) is 0. The van der Waals surface area contributed by atoms with E-state index >= 15 is 0 Å². The molecular formula is C5H3BrFNS. The lowest BCUT2D eigenvalue weighted by Crippen LogP contribution is -1.82. The normalized spacial score (nSPS) is 9.67. The van der Waals surface area contributed by atoms with Crippen molar-refractivity contribution >= 4 is 28.6 Å². The summed E-state index contributed by atoms with van der Waals surface area (Å²) in [6, 6.07) is 1.55. The Morgan fingerprint density at radius 2 is 2.33 bits per heavy atom. The van der Waals surface area contributed by atoms with Crippen molar-refractivity contribution in [3.8, 4) is 0 Å². The summed E-state index contributed by atoms with van der Waals surface area (Å²) in [6.07, 6.45) is 1.38. The van der Waals surface area contributed by atoms with Gasteiger partial charge in [0, 0.05) is 10.7 Å². The molecule has 0 atom stereocenters. The van der Waals surface area contributed by atoms with E-state index in [9.17, 15) is 4.39 Å². The number of pyridine rings is 1. The van der Waals surface area contributed by atoms with E-state index in [1.807, 2.05) is 0 Å². The van der Waals surface area contributed by atoms with Crippen LogP contribution in [0.1, 0.15) is 0 Å². The number of nitrogens with zero attached hydrogens (tertiary/aromatic N) is 1. The zero-order chi connectivity index (χ0) is 6.85. The predicted molar refractivity (Wildman–Crippen MR) is 39.1 cm³/mol. The molecule has 9 heavy (non-hydrogen) atoms. The number of thiol groups is 1. The van der Waals surface area contributed by atoms with Crippen molar-refractivity contribution in [1.29, 1.82) is 0 Å². The molecule has 0 unspecified atom stereocenters. The molecule has 0 aliphatic carbocycles. The summed E-state index contributed by atoms with van der Waals surface area (Å²) < 4.78 is 13.0. The second kappa shape index (κ2) is 2.66. The molecule has 0 spiro atoms. The van der Waals surface area contributed by atoms with E-state index in [2.05, 4.69) is 33.5 Å². The van der Waals surface area contributed by atoms with Crippen LogP contribution in [0.25, 0.3) is 0 Å². The van der Waals surface area contributed by atoms with Crippen molar-refractivity contribution in [1.82, 2.24) is 4.98 Å². The molecule has 0 N–H and O–H groups in total. The summed E-state index contributed by atoms with van der Waals surface area (Å²) in [7, 11) is 0. The van der Waals surface area contributed by atoms with Gasteiger partial charge in [0.05, 0.1) is 4.90 Å². The minimum atomic E-state index is -0.540. The van der Waals surface area contributed by atoms with Gasteiger partial charge < -0.3 is 0 Å². The average molecular weight is 208 g/mol. The van der Waals surface area contributed by atoms with E-state index in [1.165, 1.54) is 6.20 Å². The molecule has 0 aliphatic heterocycles. The van der Waals surface area contributed by atoms with Crippen LogP contribution >= 0.6 is 28.6 Å². The number of hydrogen-bond donors (Lipinski definition) is 1. The van der Waals surface area contributed by atoms with E-state index in [0.717, 1.165) is 4.47 Å². The van der Waals surface area contributed by atoms with Gasteiger partial charge in [0.25, 0.3) is 0 Å². The number of hydrogen-bond acceptors (Lipinski definition) is 2. The van der Waals surface area contributed by atoms with Gasteiger partial charge in [0.1, 0.15) is 0 Å². The molecular weight excluding hydrogens is 205 g/mol. The van der Waals surface area contributed by atoms with E-state index in [4.69, 9.17) is 0 Å². The zero-order valence-corrected chi connectivity index (χ0v) is 6.79. The molecule has 0 fully saturated rings. The molecule has 1 nitrogen and oxygen atoms in total. The second-order valence-electron chi connectivity index (χ2n) is 1.46. The van der Waals surface area contributed by atoms with Gasteiger partial charge in [-0.3, -0.25) is 0 Å². The first-order valence-electron chi connectivity index (χ1n) is 2.20. The molecule has 0 saturated carbocycles. The Morgan fingerprint density at radius 1 is 1.67 bits per heavy atom. The Morgan fingerprint density at radius 3 is 2.78 bits per heavy atom. The van der Waals surface area contributed by atoms with Crippen molar-refractivity contribution < 1.29 is 4.39 Å². The van der Waals surface area contributed by atoms with Crippen LogP contribution in [0.15, 0.2) is 21.6 Å². The second-order valence-corrected chi connectivity index (χ2v) is 2.86. The quantitative estimate of drug-likeness (QED) is 0.509. The van der Waals surface area contributed by atoms with Gasteiger partial charge in [-0.05, 0) is 22.0 Å². The molecule has 4 heteroatoms. The maximum Gasteiger partial charge on any atom is 0.226 e. The fourth-order valence-corrected chi connectivity index (χ4v) is 1.12. The standard InChI is InChI=1S/C5H3BrFNS/c6-3-1-4(9)5(7)8-2-3/h1-2,9H. The predicted octanol–water partition coefficient (Wildman–Crippen LogP) is 2.27. The Bertz CT molecular complexity index is 228. The van der Waals surface area contributed by atoms with Crippen LogP contribution in [-0.4, -0.2) is 4.98 Å². The lowest BCUT2D eigenvalue weighted by Gasteiger charge is -1.91. The van der Waals surface area contributed by atoms with E-state index < -0.39 is 5.95 Å². The van der Waals surface area contributed by atoms with Gasteiger partial charge in [-0.1, -0.05) is 0 Å². The van der Waals surface area contributed by atoms with E-state index in [-0.39, 0.29) is 4.90 Å². The van der Waals surface area contributed by atoms with E-state index in [1.54, 1.807) is 6.07 Å². The molecule has 0 bridgehead atoms. The first kappa shape index (κ1) is 7.02. The van der Waals surface area contributed by atoms with Gasteiger partial charge in [-0.25, -0.2) is 4.98 Å². The summed E-state index contributed by atoms with van der Waals surface area (Å²) in [5.74, 6) is -0.540. The van der Waals surface area contributed by atoms with Crippen LogP contribution in [0.2, 0.25) is 0 Å². The molecule has 1 aromatic rings. The van der Waals surface area contributed by atoms with Crippen molar-refractivity contribution in [2.24, 2.45) is 0 Å². The number of aromatic nitrogens is 1. The van der Waals surface area contributed by atoms with Crippen LogP contribution < -0.4 is 0 Å². The molecule has 0 aliphatic rings. The summed E-state index contributed by atoms with van der Waals surface area (Å²) in [5.41, 5.74) is 0. The van der Waals surface area contributed by atoms with Gasteiger partial charge in [0.15, 0.2) is 0 Å². The molecule has 1 aromatic heterocycles. The smallest absolute Gasteiger partial charge is 0.226 e. The number of rotatable bonds is 0. The van der Waals surface area contributed by atoms with Crippen molar-refractivity contribution in [2.75, 3.05) is 0 Å². The fourth-order valence-electron chi connectivity index (χ4n) is 0.412. The highest BCUT2D eigenvalue weighted by Crippen LogP contribution is 2.15. The third-order valence-electron chi connectivity index (χ3n) is 0.787. The molecule has 1 rings (SSSR count). The highest BCUT2D eigenvalue weighted by atomic mass is 79.9. The minimum absolute atomic E-state index is 0.254. The Labute approximate surface area is 65.8 Å². The average Bonchev–Trinajstić information content (AvgIpc) is 1.80. The zero-order valence-electron chi connectivity index (χ0n) is 4.31. The van der Waals surface area contributed by atoms with Crippen LogP contribution in [0.4, 0.5) is 4.39 Å². The number of halogens is 2. The first-order chi connectivity index (χ1) is 4.20. The lowest BCUT2D eigenvalue weighted by molar-refractivity contribution is 0.557. The molecule has 1 heterocycles. The molecule has 0 amide bonds. The Balaban J connectivity index is 3.17. The van der Waals surface area contributed by atoms with Gasteiger partial charge >= 0.3 is 0 Å². The van der Waals surface area contributed by atoms with Gasteiger partial charge in [0.2, 0.25) is 5.95 Å². The van der Waals surface area contributed by atoms with Crippen LogP contribution in [0, 0.1) is 5.95 Å². The Hall–Kier alpha value is -0.0900. The highest BCUT2D eigenvalue weighted by Gasteiger charge is 1.96. The summed E-state index contributed by atoms with van der Waals surface area (Å²) in [4.78, 5) is 3.64.